The maximum Gasteiger partial charge on any atom is 0.0177 e. The minimum absolute atomic E-state index is 0.476. The zero-order valence-electron chi connectivity index (χ0n) is 13.8. The van der Waals surface area contributed by atoms with Gasteiger partial charge in [0, 0.05) is 12.1 Å². The van der Waals surface area contributed by atoms with Gasteiger partial charge in [-0.1, -0.05) is 45.0 Å². The van der Waals surface area contributed by atoms with Crippen LogP contribution in [0.25, 0.3) is 0 Å². The Balaban J connectivity index is 1.52. The van der Waals surface area contributed by atoms with Crippen LogP contribution in [-0.2, 0) is 12.8 Å². The molecule has 1 aromatic rings. The van der Waals surface area contributed by atoms with Gasteiger partial charge in [-0.25, -0.2) is 0 Å². The molecule has 1 heteroatoms. The summed E-state index contributed by atoms with van der Waals surface area (Å²) in [6.07, 6.45) is 8.12. The van der Waals surface area contributed by atoms with E-state index in [4.69, 9.17) is 0 Å². The molecule has 21 heavy (non-hydrogen) atoms. The molecule has 0 aromatic heterocycles. The number of nitrogens with one attached hydrogen (secondary N) is 1. The van der Waals surface area contributed by atoms with Crippen molar-refractivity contribution in [1.82, 2.24) is 5.32 Å². The quantitative estimate of drug-likeness (QED) is 0.851. The molecule has 2 fully saturated rings. The minimum atomic E-state index is 0.476. The number of fused-ring (bicyclic) bond motifs is 3. The molecular formula is C20H29N. The first-order valence-corrected chi connectivity index (χ1v) is 8.82. The van der Waals surface area contributed by atoms with Gasteiger partial charge in [-0.15, -0.1) is 0 Å². The molecular weight excluding hydrogens is 254 g/mol. The molecule has 0 spiro atoms. The summed E-state index contributed by atoms with van der Waals surface area (Å²) in [6, 6.07) is 10.4. The van der Waals surface area contributed by atoms with Gasteiger partial charge in [0.05, 0.1) is 0 Å². The Morgan fingerprint density at radius 2 is 1.81 bits per heavy atom. The zero-order chi connectivity index (χ0) is 14.7. The summed E-state index contributed by atoms with van der Waals surface area (Å²) in [6.45, 7) is 7.56. The fourth-order valence-electron chi connectivity index (χ4n) is 5.79. The van der Waals surface area contributed by atoms with E-state index >= 15 is 0 Å². The molecule has 4 rings (SSSR count). The lowest BCUT2D eigenvalue weighted by molar-refractivity contribution is 0.0961. The van der Waals surface area contributed by atoms with E-state index in [1.54, 1.807) is 11.1 Å². The van der Waals surface area contributed by atoms with E-state index in [0.717, 1.165) is 5.92 Å². The predicted molar refractivity (Wildman–Crippen MR) is 88.4 cm³/mol. The summed E-state index contributed by atoms with van der Waals surface area (Å²) in [5.74, 6) is 0.941. The first-order chi connectivity index (χ1) is 9.99. The van der Waals surface area contributed by atoms with Crippen LogP contribution in [-0.4, -0.2) is 12.1 Å². The fourth-order valence-corrected chi connectivity index (χ4v) is 5.79. The largest absolute Gasteiger partial charge is 0.310 e. The van der Waals surface area contributed by atoms with Gasteiger partial charge in [0.2, 0.25) is 0 Å². The van der Waals surface area contributed by atoms with Gasteiger partial charge in [-0.2, -0.15) is 0 Å². The van der Waals surface area contributed by atoms with Gasteiger partial charge in [-0.05, 0) is 66.4 Å². The third kappa shape index (κ3) is 2.08. The normalized spacial score (nSPS) is 40.2. The Morgan fingerprint density at radius 1 is 1.05 bits per heavy atom. The summed E-state index contributed by atoms with van der Waals surface area (Å²) >= 11 is 0. The average Bonchev–Trinajstić information content (AvgIpc) is 2.95. The Kier molecular flexibility index (Phi) is 3.02. The summed E-state index contributed by atoms with van der Waals surface area (Å²) in [7, 11) is 0. The third-order valence-electron chi connectivity index (χ3n) is 7.02. The maximum absolute atomic E-state index is 4.12. The highest BCUT2D eigenvalue weighted by Crippen LogP contribution is 2.62. The summed E-state index contributed by atoms with van der Waals surface area (Å²) in [4.78, 5) is 0. The predicted octanol–water partition coefficient (Wildman–Crippen LogP) is 4.35. The summed E-state index contributed by atoms with van der Waals surface area (Å²) in [5, 5.41) is 4.12. The molecule has 2 bridgehead atoms. The number of hydrogen-bond donors (Lipinski definition) is 1. The van der Waals surface area contributed by atoms with E-state index in [1.165, 1.54) is 38.5 Å². The molecule has 4 unspecified atom stereocenters. The Morgan fingerprint density at radius 3 is 2.52 bits per heavy atom. The molecule has 2 saturated carbocycles. The second kappa shape index (κ2) is 4.59. The lowest BCUT2D eigenvalue weighted by atomic mass is 9.68. The molecule has 0 amide bonds. The van der Waals surface area contributed by atoms with Gasteiger partial charge in [0.15, 0.2) is 0 Å². The molecule has 0 radical (unpaired) electrons. The number of hydrogen-bond acceptors (Lipinski definition) is 1. The van der Waals surface area contributed by atoms with Crippen LogP contribution >= 0.6 is 0 Å². The van der Waals surface area contributed by atoms with Crippen LogP contribution in [0, 0.1) is 16.7 Å². The van der Waals surface area contributed by atoms with E-state index in [2.05, 4.69) is 50.4 Å². The van der Waals surface area contributed by atoms with Crippen LogP contribution in [0.2, 0.25) is 0 Å². The van der Waals surface area contributed by atoms with Crippen molar-refractivity contribution in [1.29, 1.82) is 0 Å². The molecule has 4 atom stereocenters. The monoisotopic (exact) mass is 283 g/mol. The molecule has 0 heterocycles. The smallest absolute Gasteiger partial charge is 0.0177 e. The Labute approximate surface area is 129 Å². The zero-order valence-corrected chi connectivity index (χ0v) is 13.8. The van der Waals surface area contributed by atoms with Crippen molar-refractivity contribution in [2.24, 2.45) is 16.7 Å². The lowest BCUT2D eigenvalue weighted by Gasteiger charge is -2.45. The van der Waals surface area contributed by atoms with Gasteiger partial charge in [-0.3, -0.25) is 0 Å². The topological polar surface area (TPSA) is 12.0 Å². The van der Waals surface area contributed by atoms with Crippen molar-refractivity contribution < 1.29 is 0 Å². The van der Waals surface area contributed by atoms with Gasteiger partial charge in [0.25, 0.3) is 0 Å². The average molecular weight is 283 g/mol. The first kappa shape index (κ1) is 13.8. The second-order valence-corrected chi connectivity index (χ2v) is 8.72. The van der Waals surface area contributed by atoms with Crippen molar-refractivity contribution >= 4 is 0 Å². The van der Waals surface area contributed by atoms with Crippen LogP contribution in [0.4, 0.5) is 0 Å². The van der Waals surface area contributed by atoms with E-state index < -0.39 is 0 Å². The van der Waals surface area contributed by atoms with E-state index in [1.807, 2.05) is 0 Å². The third-order valence-corrected chi connectivity index (χ3v) is 7.02. The van der Waals surface area contributed by atoms with Crippen molar-refractivity contribution in [2.45, 2.75) is 71.4 Å². The molecule has 3 aliphatic rings. The van der Waals surface area contributed by atoms with Gasteiger partial charge >= 0.3 is 0 Å². The standard InChI is InChI=1S/C20H29N/c1-19(2)16-10-11-20(3,13-16)18(19)21-17-9-8-14-6-4-5-7-15(14)12-17/h4-7,16-18,21H,8-13H2,1-3H3. The van der Waals surface area contributed by atoms with Crippen LogP contribution in [0.1, 0.15) is 57.6 Å². The van der Waals surface area contributed by atoms with Crippen molar-refractivity contribution in [2.75, 3.05) is 0 Å². The Bertz CT molecular complexity index is 542. The highest BCUT2D eigenvalue weighted by Gasteiger charge is 2.59. The maximum atomic E-state index is 4.12. The molecule has 3 aliphatic carbocycles. The Hall–Kier alpha value is -0.820. The number of rotatable bonds is 2. The van der Waals surface area contributed by atoms with Crippen molar-refractivity contribution in [3.05, 3.63) is 35.4 Å². The first-order valence-electron chi connectivity index (χ1n) is 8.82. The molecule has 1 N–H and O–H groups in total. The highest BCUT2D eigenvalue weighted by molar-refractivity contribution is 5.30. The lowest BCUT2D eigenvalue weighted by Crippen LogP contribution is -2.54. The van der Waals surface area contributed by atoms with E-state index in [9.17, 15) is 0 Å². The van der Waals surface area contributed by atoms with Crippen LogP contribution < -0.4 is 5.32 Å². The van der Waals surface area contributed by atoms with E-state index in [0.29, 0.717) is 22.9 Å². The van der Waals surface area contributed by atoms with Gasteiger partial charge < -0.3 is 5.32 Å². The fraction of sp³-hybridized carbons (Fsp3) is 0.700. The molecule has 1 nitrogen and oxygen atoms in total. The SMILES string of the molecule is CC12CCC(C1)C(C)(C)C2NC1CCc2ccccc2C1. The minimum Gasteiger partial charge on any atom is -0.310 e. The van der Waals surface area contributed by atoms with Crippen molar-refractivity contribution in [3.63, 3.8) is 0 Å². The molecule has 114 valence electrons. The number of aryl methyl sites for hydroxylation is 1. The molecule has 0 aliphatic heterocycles. The van der Waals surface area contributed by atoms with Crippen LogP contribution in [0.5, 0.6) is 0 Å². The summed E-state index contributed by atoms with van der Waals surface area (Å²) < 4.78 is 0. The second-order valence-electron chi connectivity index (χ2n) is 8.72. The van der Waals surface area contributed by atoms with Crippen molar-refractivity contribution in [3.8, 4) is 0 Å². The highest BCUT2D eigenvalue weighted by atomic mass is 15.0. The van der Waals surface area contributed by atoms with Crippen LogP contribution in [0.3, 0.4) is 0 Å². The van der Waals surface area contributed by atoms with E-state index in [-0.39, 0.29) is 0 Å². The molecule has 1 aromatic carbocycles. The van der Waals surface area contributed by atoms with Crippen LogP contribution in [0.15, 0.2) is 24.3 Å². The van der Waals surface area contributed by atoms with Gasteiger partial charge in [0.1, 0.15) is 0 Å². The number of benzene rings is 1. The summed E-state index contributed by atoms with van der Waals surface area (Å²) in [5.41, 5.74) is 4.18. The molecule has 0 saturated heterocycles.